The van der Waals surface area contributed by atoms with Crippen LogP contribution in [0.4, 0.5) is 0 Å². The van der Waals surface area contributed by atoms with Crippen molar-refractivity contribution in [3.63, 3.8) is 0 Å². The van der Waals surface area contributed by atoms with Gasteiger partial charge < -0.3 is 0 Å². The van der Waals surface area contributed by atoms with Gasteiger partial charge in [-0.2, -0.15) is 0 Å². The highest BCUT2D eigenvalue weighted by Crippen LogP contribution is 2.38. The molecule has 2 atom stereocenters. The third-order valence-corrected chi connectivity index (χ3v) is 2.79. The predicted octanol–water partition coefficient (Wildman–Crippen LogP) is 0.0916. The van der Waals surface area contributed by atoms with E-state index in [1.165, 1.54) is 19.3 Å². The van der Waals surface area contributed by atoms with Crippen molar-refractivity contribution in [2.75, 3.05) is 6.54 Å². The Bertz CT molecular complexity index is 153. The third kappa shape index (κ3) is 0.620. The maximum atomic E-state index is 4.38. The summed E-state index contributed by atoms with van der Waals surface area (Å²) in [5.74, 6) is 0.845. The Labute approximate surface area is 55.4 Å². The summed E-state index contributed by atoms with van der Waals surface area (Å²) >= 11 is 0. The standard InChI is InChI=1S/C7H12N2/c1-7-4-2-3-6(7)5-8-9-7/h6H,2-5H2,1H3/p+1/t6-,7-/m0/s1. The fourth-order valence-corrected chi connectivity index (χ4v) is 2.03. The van der Waals surface area contributed by atoms with Crippen molar-refractivity contribution in [2.45, 2.75) is 31.7 Å². The van der Waals surface area contributed by atoms with Crippen LogP contribution >= 0.6 is 0 Å². The van der Waals surface area contributed by atoms with Gasteiger partial charge in [0.1, 0.15) is 5.54 Å². The van der Waals surface area contributed by atoms with Crippen molar-refractivity contribution in [3.05, 3.63) is 0 Å². The summed E-state index contributed by atoms with van der Waals surface area (Å²) in [6, 6.07) is 0. The minimum atomic E-state index is 0.319. The van der Waals surface area contributed by atoms with E-state index in [2.05, 4.69) is 17.2 Å². The van der Waals surface area contributed by atoms with E-state index in [9.17, 15) is 0 Å². The molecule has 1 saturated carbocycles. The lowest BCUT2D eigenvalue weighted by Crippen LogP contribution is -2.63. The van der Waals surface area contributed by atoms with Gasteiger partial charge >= 0.3 is 0 Å². The molecule has 2 aliphatic rings. The monoisotopic (exact) mass is 125 g/mol. The Morgan fingerprint density at radius 3 is 3.33 bits per heavy atom. The predicted molar refractivity (Wildman–Crippen MR) is 34.0 cm³/mol. The first-order valence-corrected chi connectivity index (χ1v) is 3.76. The first-order chi connectivity index (χ1) is 4.31. The first-order valence-electron chi connectivity index (χ1n) is 3.76. The quantitative estimate of drug-likeness (QED) is 0.475. The van der Waals surface area contributed by atoms with Gasteiger partial charge in [0.15, 0.2) is 6.54 Å². The van der Waals surface area contributed by atoms with Gasteiger partial charge in [0.25, 0.3) is 0 Å². The molecule has 0 saturated heterocycles. The Hall–Kier alpha value is -0.400. The van der Waals surface area contributed by atoms with Crippen LogP contribution in [0.2, 0.25) is 0 Å². The van der Waals surface area contributed by atoms with Crippen LogP contribution < -0.4 is 5.11 Å². The topological polar surface area (TPSA) is 26.3 Å². The molecule has 0 radical (unpaired) electrons. The van der Waals surface area contributed by atoms with Crippen LogP contribution in [0.15, 0.2) is 5.11 Å². The normalized spacial score (nSPS) is 47.9. The minimum absolute atomic E-state index is 0.319. The van der Waals surface area contributed by atoms with Gasteiger partial charge in [-0.1, -0.05) is 6.42 Å². The maximum absolute atomic E-state index is 4.38. The summed E-state index contributed by atoms with van der Waals surface area (Å²) in [5, 5.41) is 7.47. The second kappa shape index (κ2) is 1.55. The van der Waals surface area contributed by atoms with Crippen LogP contribution in [0.3, 0.4) is 0 Å². The SMILES string of the molecule is C[C@]12CCC[C@H]1C[NH+]=N2. The number of hydrogen-bond donors (Lipinski definition) is 1. The zero-order valence-electron chi connectivity index (χ0n) is 5.85. The van der Waals surface area contributed by atoms with E-state index >= 15 is 0 Å². The lowest BCUT2D eigenvalue weighted by atomic mass is 9.92. The highest BCUT2D eigenvalue weighted by molar-refractivity contribution is 4.94. The van der Waals surface area contributed by atoms with Crippen molar-refractivity contribution in [1.29, 1.82) is 0 Å². The van der Waals surface area contributed by atoms with E-state index < -0.39 is 0 Å². The molecule has 1 aliphatic carbocycles. The van der Waals surface area contributed by atoms with Gasteiger partial charge in [-0.3, -0.25) is 0 Å². The minimum Gasteiger partial charge on any atom is -0.141 e. The van der Waals surface area contributed by atoms with E-state index in [0.29, 0.717) is 5.54 Å². The summed E-state index contributed by atoms with van der Waals surface area (Å²) in [4.78, 5) is 0. The van der Waals surface area contributed by atoms with E-state index in [-0.39, 0.29) is 0 Å². The molecule has 1 fully saturated rings. The molecular weight excluding hydrogens is 112 g/mol. The van der Waals surface area contributed by atoms with E-state index in [1.54, 1.807) is 0 Å². The molecule has 1 aliphatic heterocycles. The van der Waals surface area contributed by atoms with Gasteiger partial charge in [-0.25, -0.2) is 0 Å². The molecular formula is C7H13N2+. The molecule has 2 nitrogen and oxygen atoms in total. The molecule has 1 N–H and O–H groups in total. The van der Waals surface area contributed by atoms with Gasteiger partial charge in [0, 0.05) is 0 Å². The van der Waals surface area contributed by atoms with Crippen LogP contribution in [-0.2, 0) is 0 Å². The number of nitrogens with one attached hydrogen (secondary N) is 1. The molecule has 0 bridgehead atoms. The maximum Gasteiger partial charge on any atom is 0.171 e. The second-order valence-corrected chi connectivity index (χ2v) is 3.42. The Morgan fingerprint density at radius 1 is 1.67 bits per heavy atom. The molecule has 50 valence electrons. The Kier molecular flexibility index (Phi) is 0.930. The number of fused-ring (bicyclic) bond motifs is 1. The number of azo groups is 1. The van der Waals surface area contributed by atoms with Gasteiger partial charge in [0.05, 0.1) is 5.92 Å². The van der Waals surface area contributed by atoms with Crippen LogP contribution in [0.1, 0.15) is 26.2 Å². The molecule has 0 aromatic heterocycles. The fraction of sp³-hybridized carbons (Fsp3) is 1.00. The zero-order chi connectivity index (χ0) is 6.32. The van der Waals surface area contributed by atoms with E-state index in [0.717, 1.165) is 12.5 Å². The average molecular weight is 125 g/mol. The van der Waals surface area contributed by atoms with Crippen molar-refractivity contribution < 1.29 is 5.11 Å². The number of nitrogens with zero attached hydrogens (tertiary/aromatic N) is 1. The Morgan fingerprint density at radius 2 is 2.56 bits per heavy atom. The van der Waals surface area contributed by atoms with Gasteiger partial charge in [0.2, 0.25) is 0 Å². The number of hydrogen-bond acceptors (Lipinski definition) is 1. The molecule has 0 amide bonds. The van der Waals surface area contributed by atoms with Crippen LogP contribution in [0.25, 0.3) is 0 Å². The van der Waals surface area contributed by atoms with Crippen molar-refractivity contribution >= 4 is 0 Å². The highest BCUT2D eigenvalue weighted by Gasteiger charge is 2.46. The van der Waals surface area contributed by atoms with E-state index in [4.69, 9.17) is 0 Å². The summed E-state index contributed by atoms with van der Waals surface area (Å²) < 4.78 is 0. The van der Waals surface area contributed by atoms with Crippen LogP contribution in [-0.4, -0.2) is 12.1 Å². The lowest BCUT2D eigenvalue weighted by Gasteiger charge is -2.12. The van der Waals surface area contributed by atoms with Crippen molar-refractivity contribution in [3.8, 4) is 0 Å². The summed E-state index contributed by atoms with van der Waals surface area (Å²) in [6.45, 7) is 3.39. The van der Waals surface area contributed by atoms with Crippen molar-refractivity contribution in [2.24, 2.45) is 11.0 Å². The first kappa shape index (κ1) is 5.39. The highest BCUT2D eigenvalue weighted by atomic mass is 15.2. The summed E-state index contributed by atoms with van der Waals surface area (Å²) in [5.41, 5.74) is 0.319. The smallest absolute Gasteiger partial charge is 0.141 e. The van der Waals surface area contributed by atoms with E-state index in [1.807, 2.05) is 0 Å². The second-order valence-electron chi connectivity index (χ2n) is 3.42. The molecule has 0 unspecified atom stereocenters. The molecule has 9 heavy (non-hydrogen) atoms. The summed E-state index contributed by atoms with van der Waals surface area (Å²) in [6.07, 6.45) is 4.06. The van der Waals surface area contributed by atoms with Crippen LogP contribution in [0.5, 0.6) is 0 Å². The average Bonchev–Trinajstić information content (AvgIpc) is 2.22. The fourth-order valence-electron chi connectivity index (χ4n) is 2.03. The molecule has 0 aromatic rings. The number of rotatable bonds is 0. The Balaban J connectivity index is 2.26. The molecule has 2 heteroatoms. The van der Waals surface area contributed by atoms with Gasteiger partial charge in [-0.15, -0.1) is 5.11 Å². The molecule has 2 rings (SSSR count). The lowest BCUT2D eigenvalue weighted by molar-refractivity contribution is -0.522. The van der Waals surface area contributed by atoms with Crippen LogP contribution in [0, 0.1) is 5.92 Å². The zero-order valence-corrected chi connectivity index (χ0v) is 5.85. The summed E-state index contributed by atoms with van der Waals surface area (Å²) in [7, 11) is 0. The molecule has 0 spiro atoms. The van der Waals surface area contributed by atoms with Gasteiger partial charge in [-0.05, 0) is 24.9 Å². The van der Waals surface area contributed by atoms with Crippen molar-refractivity contribution in [1.82, 2.24) is 0 Å². The largest absolute Gasteiger partial charge is 0.171 e. The third-order valence-electron chi connectivity index (χ3n) is 2.79. The molecule has 0 aromatic carbocycles. The molecule has 1 heterocycles.